The van der Waals surface area contributed by atoms with Gasteiger partial charge < -0.3 is 20.5 Å². The average Bonchev–Trinajstić information content (AvgIpc) is 3.27. The molecule has 4 rings (SSSR count). The van der Waals surface area contributed by atoms with E-state index in [1.807, 2.05) is 30.3 Å². The van der Waals surface area contributed by atoms with Crippen molar-refractivity contribution in [3.05, 3.63) is 47.2 Å². The average molecular weight is 363 g/mol. The van der Waals surface area contributed by atoms with Crippen LogP contribution in [0.15, 0.2) is 46.6 Å². The third-order valence-electron chi connectivity index (χ3n) is 6.19. The summed E-state index contributed by atoms with van der Waals surface area (Å²) in [5.41, 5.74) is 6.08. The molecule has 3 aliphatic rings. The maximum Gasteiger partial charge on any atom is 0.296 e. The van der Waals surface area contributed by atoms with Gasteiger partial charge in [0.05, 0.1) is 18.2 Å². The number of hydrogen-bond donors (Lipinski definition) is 2. The van der Waals surface area contributed by atoms with E-state index in [-0.39, 0.29) is 5.84 Å². The van der Waals surface area contributed by atoms with Crippen LogP contribution >= 0.6 is 0 Å². The van der Waals surface area contributed by atoms with E-state index >= 15 is 0 Å². The van der Waals surface area contributed by atoms with E-state index in [9.17, 15) is 10.5 Å². The molecule has 3 N–H and O–H groups in total. The Kier molecular flexibility index (Phi) is 3.78. The summed E-state index contributed by atoms with van der Waals surface area (Å²) in [7, 11) is 2.86. The van der Waals surface area contributed by atoms with Gasteiger partial charge in [0.15, 0.2) is 10.8 Å². The van der Waals surface area contributed by atoms with Crippen molar-refractivity contribution < 1.29 is 9.47 Å². The second-order valence-electron chi connectivity index (χ2n) is 7.07. The zero-order valence-electron chi connectivity index (χ0n) is 15.3. The molecule has 27 heavy (non-hydrogen) atoms. The molecular formula is C20H21N5O2. The summed E-state index contributed by atoms with van der Waals surface area (Å²) in [5.74, 6) is -1.61. The Morgan fingerprint density at radius 3 is 2.44 bits per heavy atom. The second-order valence-corrected chi connectivity index (χ2v) is 7.07. The lowest BCUT2D eigenvalue weighted by Crippen LogP contribution is -2.63. The number of aliphatic imine (C=N–C) groups is 1. The lowest BCUT2D eigenvalue weighted by molar-refractivity contribution is -0.253. The van der Waals surface area contributed by atoms with E-state index in [0.29, 0.717) is 6.42 Å². The van der Waals surface area contributed by atoms with Crippen LogP contribution in [0.25, 0.3) is 0 Å². The summed E-state index contributed by atoms with van der Waals surface area (Å²) in [5, 5.41) is 24.5. The molecule has 0 radical (unpaired) electrons. The highest BCUT2D eigenvalue weighted by Gasteiger charge is 2.79. The smallest absolute Gasteiger partial charge is 0.296 e. The first kappa shape index (κ1) is 17.5. The van der Waals surface area contributed by atoms with Crippen molar-refractivity contribution in [2.24, 2.45) is 21.6 Å². The first-order valence-electron chi connectivity index (χ1n) is 8.89. The Morgan fingerprint density at radius 1 is 1.15 bits per heavy atom. The van der Waals surface area contributed by atoms with Crippen molar-refractivity contribution in [2.75, 3.05) is 14.2 Å². The third-order valence-corrected chi connectivity index (χ3v) is 6.19. The Morgan fingerprint density at radius 2 is 1.85 bits per heavy atom. The maximum absolute atomic E-state index is 10.5. The monoisotopic (exact) mass is 363 g/mol. The minimum Gasteiger partial charge on any atom is -0.386 e. The van der Waals surface area contributed by atoms with E-state index in [1.54, 1.807) is 0 Å². The molecule has 1 aliphatic carbocycles. The predicted octanol–water partition coefficient (Wildman–Crippen LogP) is 2.11. The minimum atomic E-state index is -1.67. The zero-order chi connectivity index (χ0) is 19.3. The van der Waals surface area contributed by atoms with E-state index in [2.05, 4.69) is 22.4 Å². The molecule has 2 heterocycles. The molecule has 0 aromatic heterocycles. The van der Waals surface area contributed by atoms with Gasteiger partial charge in [-0.15, -0.1) is 0 Å². The van der Waals surface area contributed by atoms with Crippen LogP contribution in [-0.4, -0.2) is 26.0 Å². The van der Waals surface area contributed by atoms with Crippen LogP contribution < -0.4 is 11.1 Å². The fraction of sp³-hybridized carbons (Fsp3) is 0.450. The summed E-state index contributed by atoms with van der Waals surface area (Å²) >= 11 is 0. The van der Waals surface area contributed by atoms with Gasteiger partial charge in [0, 0.05) is 19.9 Å². The molecule has 7 nitrogen and oxygen atoms in total. The number of nitriles is 2. The molecule has 3 atom stereocenters. The standard InChI is InChI=1S/C20H21N5O2/c1-26-20(27-2)19(12-22)14-9-6-10-15(14)24-16(13-7-4-3-5-8-13)18(19,11-21)17(23)25-20/h3-5,7-8,16,24H,6,9-10H2,1-2H3,(H2,23,25)/t16-,18+,19-/m1/s1. The predicted molar refractivity (Wildman–Crippen MR) is 97.7 cm³/mol. The number of amidine groups is 1. The normalized spacial score (nSPS) is 33.3. The minimum absolute atomic E-state index is 0.0510. The van der Waals surface area contributed by atoms with Gasteiger partial charge in [0.2, 0.25) is 0 Å². The van der Waals surface area contributed by atoms with Crippen LogP contribution in [0.2, 0.25) is 0 Å². The second kappa shape index (κ2) is 5.82. The number of benzene rings is 1. The number of fused-ring (bicyclic) bond motifs is 2. The summed E-state index contributed by atoms with van der Waals surface area (Å²) < 4.78 is 11.4. The van der Waals surface area contributed by atoms with E-state index in [0.717, 1.165) is 29.7 Å². The zero-order valence-corrected chi connectivity index (χ0v) is 15.3. The van der Waals surface area contributed by atoms with Gasteiger partial charge in [-0.2, -0.15) is 10.5 Å². The number of allylic oxidation sites excluding steroid dienone is 1. The van der Waals surface area contributed by atoms with Crippen LogP contribution in [0.5, 0.6) is 0 Å². The molecule has 0 bridgehead atoms. The van der Waals surface area contributed by atoms with Crippen LogP contribution in [-0.2, 0) is 9.47 Å². The van der Waals surface area contributed by atoms with Crippen LogP contribution in [0.4, 0.5) is 0 Å². The SMILES string of the molecule is COC1(OC)N=C(N)[C@]2(C#N)[C@@H](c3ccccc3)NC3=C(CCC3)[C@@]12C#N. The Balaban J connectivity index is 2.10. The fourth-order valence-electron chi connectivity index (χ4n) is 5.06. The van der Waals surface area contributed by atoms with Crippen molar-refractivity contribution in [1.82, 2.24) is 5.32 Å². The highest BCUT2D eigenvalue weighted by atomic mass is 16.7. The van der Waals surface area contributed by atoms with Crippen LogP contribution in [0, 0.1) is 33.5 Å². The van der Waals surface area contributed by atoms with Gasteiger partial charge in [-0.05, 0) is 30.4 Å². The van der Waals surface area contributed by atoms with Gasteiger partial charge in [0.1, 0.15) is 5.84 Å². The number of hydrogen-bond acceptors (Lipinski definition) is 7. The number of nitrogens with zero attached hydrogens (tertiary/aromatic N) is 3. The van der Waals surface area contributed by atoms with Gasteiger partial charge >= 0.3 is 0 Å². The van der Waals surface area contributed by atoms with E-state index < -0.39 is 22.8 Å². The first-order chi connectivity index (χ1) is 13.1. The molecule has 0 saturated heterocycles. The third kappa shape index (κ3) is 1.78. The quantitative estimate of drug-likeness (QED) is 0.795. The summed E-state index contributed by atoms with van der Waals surface area (Å²) in [6.07, 6.45) is 2.35. The van der Waals surface area contributed by atoms with Gasteiger partial charge in [-0.25, -0.2) is 4.99 Å². The Labute approximate surface area is 158 Å². The topological polar surface area (TPSA) is 116 Å². The molecule has 7 heteroatoms. The van der Waals surface area contributed by atoms with E-state index in [4.69, 9.17) is 15.2 Å². The number of nitrogens with one attached hydrogen (secondary N) is 1. The molecule has 0 saturated carbocycles. The molecule has 138 valence electrons. The lowest BCUT2D eigenvalue weighted by atomic mass is 9.53. The molecule has 2 aliphatic heterocycles. The number of nitrogens with two attached hydrogens (primary N) is 1. The molecule has 0 spiro atoms. The van der Waals surface area contributed by atoms with Crippen molar-refractivity contribution in [3.8, 4) is 12.1 Å². The Hall–Kier alpha value is -2.87. The van der Waals surface area contributed by atoms with Gasteiger partial charge in [-0.3, -0.25) is 0 Å². The summed E-state index contributed by atoms with van der Waals surface area (Å²) in [4.78, 5) is 4.45. The van der Waals surface area contributed by atoms with Crippen molar-refractivity contribution >= 4 is 5.84 Å². The molecule has 1 aromatic carbocycles. The van der Waals surface area contributed by atoms with Crippen LogP contribution in [0.1, 0.15) is 30.9 Å². The van der Waals surface area contributed by atoms with Crippen LogP contribution in [0.3, 0.4) is 0 Å². The maximum atomic E-state index is 10.5. The van der Waals surface area contributed by atoms with E-state index in [1.165, 1.54) is 14.2 Å². The molecular weight excluding hydrogens is 342 g/mol. The highest BCUT2D eigenvalue weighted by molar-refractivity contribution is 5.96. The number of rotatable bonds is 3. The summed E-state index contributed by atoms with van der Waals surface area (Å²) in [6, 6.07) is 13.8. The lowest BCUT2D eigenvalue weighted by Gasteiger charge is -2.51. The largest absolute Gasteiger partial charge is 0.386 e. The van der Waals surface area contributed by atoms with Crippen molar-refractivity contribution in [2.45, 2.75) is 31.2 Å². The summed E-state index contributed by atoms with van der Waals surface area (Å²) in [6.45, 7) is 0. The number of methoxy groups -OCH3 is 2. The molecule has 0 amide bonds. The molecule has 1 aromatic rings. The fourth-order valence-corrected chi connectivity index (χ4v) is 5.06. The molecule has 0 unspecified atom stereocenters. The highest BCUT2D eigenvalue weighted by Crippen LogP contribution is 2.67. The van der Waals surface area contributed by atoms with Crippen molar-refractivity contribution in [1.29, 1.82) is 10.5 Å². The first-order valence-corrected chi connectivity index (χ1v) is 8.89. The van der Waals surface area contributed by atoms with Crippen molar-refractivity contribution in [3.63, 3.8) is 0 Å². The Bertz CT molecular complexity index is 922. The van der Waals surface area contributed by atoms with Gasteiger partial charge in [0.25, 0.3) is 5.91 Å². The molecule has 0 fully saturated rings. The van der Waals surface area contributed by atoms with Gasteiger partial charge in [-0.1, -0.05) is 30.3 Å². The number of ether oxygens (including phenoxy) is 2.